The van der Waals surface area contributed by atoms with E-state index in [2.05, 4.69) is 31.2 Å². The minimum absolute atomic E-state index is 0.134. The molecule has 1 aromatic heterocycles. The summed E-state index contributed by atoms with van der Waals surface area (Å²) < 4.78 is 4.88. The molecule has 0 amide bonds. The largest absolute Gasteiger partial charge is 0.472 e. The first-order chi connectivity index (χ1) is 7.75. The third kappa shape index (κ3) is 2.60. The molecule has 0 unspecified atom stereocenters. The monoisotopic (exact) mass is 214 g/mol. The van der Waals surface area contributed by atoms with E-state index in [9.17, 15) is 4.79 Å². The van der Waals surface area contributed by atoms with Gasteiger partial charge in [-0.2, -0.15) is 0 Å². The van der Waals surface area contributed by atoms with E-state index < -0.39 is 0 Å². The van der Waals surface area contributed by atoms with Crippen LogP contribution in [0, 0.1) is 6.92 Å². The second kappa shape index (κ2) is 4.79. The van der Waals surface area contributed by atoms with Crippen molar-refractivity contribution in [3.05, 3.63) is 59.5 Å². The first kappa shape index (κ1) is 10.7. The Kier molecular flexibility index (Phi) is 3.20. The van der Waals surface area contributed by atoms with Crippen LogP contribution in [0.2, 0.25) is 0 Å². The minimum Gasteiger partial charge on any atom is -0.472 e. The Bertz CT molecular complexity index is 452. The van der Waals surface area contributed by atoms with Gasteiger partial charge in [0.05, 0.1) is 11.8 Å². The van der Waals surface area contributed by atoms with E-state index in [1.165, 1.54) is 23.7 Å². The molecule has 0 bridgehead atoms. The van der Waals surface area contributed by atoms with Crippen LogP contribution in [0.1, 0.15) is 27.9 Å². The Hall–Kier alpha value is -1.83. The highest BCUT2D eigenvalue weighted by Gasteiger charge is 2.06. The first-order valence-corrected chi connectivity index (χ1v) is 5.36. The quantitative estimate of drug-likeness (QED) is 0.730. The predicted octanol–water partition coefficient (Wildman–Crippen LogP) is 3.40. The Morgan fingerprint density at radius 3 is 2.56 bits per heavy atom. The number of carbonyl (C=O) groups is 1. The van der Waals surface area contributed by atoms with Crippen LogP contribution < -0.4 is 0 Å². The number of Topliss-reactive ketones (excluding diaryl/α,β-unsaturated/α-hetero) is 1. The van der Waals surface area contributed by atoms with E-state index in [1.54, 1.807) is 6.07 Å². The van der Waals surface area contributed by atoms with E-state index in [4.69, 9.17) is 4.42 Å². The Morgan fingerprint density at radius 1 is 1.19 bits per heavy atom. The van der Waals surface area contributed by atoms with Gasteiger partial charge in [-0.25, -0.2) is 0 Å². The fourth-order valence-electron chi connectivity index (χ4n) is 1.58. The van der Waals surface area contributed by atoms with Crippen LogP contribution >= 0.6 is 0 Å². The van der Waals surface area contributed by atoms with E-state index in [-0.39, 0.29) is 5.78 Å². The lowest BCUT2D eigenvalue weighted by Gasteiger charge is -2.00. The first-order valence-electron chi connectivity index (χ1n) is 5.36. The van der Waals surface area contributed by atoms with Gasteiger partial charge in [0.15, 0.2) is 5.78 Å². The van der Waals surface area contributed by atoms with Gasteiger partial charge in [0.25, 0.3) is 0 Å². The van der Waals surface area contributed by atoms with Crippen molar-refractivity contribution in [3.63, 3.8) is 0 Å². The molecule has 0 atom stereocenters. The second-order valence-electron chi connectivity index (χ2n) is 3.92. The van der Waals surface area contributed by atoms with Crippen molar-refractivity contribution in [1.29, 1.82) is 0 Å². The summed E-state index contributed by atoms with van der Waals surface area (Å²) in [4.78, 5) is 11.7. The third-order valence-corrected chi connectivity index (χ3v) is 2.60. The summed E-state index contributed by atoms with van der Waals surface area (Å²) in [6, 6.07) is 9.97. The molecule has 0 radical (unpaired) electrons. The Morgan fingerprint density at radius 2 is 1.94 bits per heavy atom. The SMILES string of the molecule is Cc1ccc(CCC(=O)c2ccoc2)cc1. The van der Waals surface area contributed by atoms with Crippen LogP contribution in [0.3, 0.4) is 0 Å². The summed E-state index contributed by atoms with van der Waals surface area (Å²) >= 11 is 0. The minimum atomic E-state index is 0.134. The van der Waals surface area contributed by atoms with Crippen molar-refractivity contribution in [2.75, 3.05) is 0 Å². The predicted molar refractivity (Wildman–Crippen MR) is 62.5 cm³/mol. The van der Waals surface area contributed by atoms with Crippen molar-refractivity contribution < 1.29 is 9.21 Å². The molecule has 2 nitrogen and oxygen atoms in total. The van der Waals surface area contributed by atoms with Gasteiger partial charge in [-0.05, 0) is 25.0 Å². The number of hydrogen-bond acceptors (Lipinski definition) is 2. The van der Waals surface area contributed by atoms with Crippen LogP contribution in [-0.4, -0.2) is 5.78 Å². The zero-order chi connectivity index (χ0) is 11.4. The van der Waals surface area contributed by atoms with E-state index in [1.807, 2.05) is 0 Å². The molecule has 1 heterocycles. The molecule has 0 aliphatic rings. The van der Waals surface area contributed by atoms with Crippen LogP contribution in [0.5, 0.6) is 0 Å². The number of rotatable bonds is 4. The molecular formula is C14H14O2. The van der Waals surface area contributed by atoms with Crippen molar-refractivity contribution in [3.8, 4) is 0 Å². The van der Waals surface area contributed by atoms with E-state index in [0.29, 0.717) is 12.0 Å². The number of hydrogen-bond donors (Lipinski definition) is 0. The number of carbonyl (C=O) groups excluding carboxylic acids is 1. The lowest BCUT2D eigenvalue weighted by Crippen LogP contribution is -1.99. The summed E-state index contributed by atoms with van der Waals surface area (Å²) in [7, 11) is 0. The van der Waals surface area contributed by atoms with Crippen LogP contribution in [0.4, 0.5) is 0 Å². The lowest BCUT2D eigenvalue weighted by atomic mass is 10.0. The molecule has 16 heavy (non-hydrogen) atoms. The van der Waals surface area contributed by atoms with Crippen molar-refractivity contribution >= 4 is 5.78 Å². The zero-order valence-electron chi connectivity index (χ0n) is 9.27. The average molecular weight is 214 g/mol. The van der Waals surface area contributed by atoms with Crippen molar-refractivity contribution in [1.82, 2.24) is 0 Å². The Balaban J connectivity index is 1.93. The van der Waals surface area contributed by atoms with E-state index in [0.717, 1.165) is 6.42 Å². The third-order valence-electron chi connectivity index (χ3n) is 2.60. The summed E-state index contributed by atoms with van der Waals surface area (Å²) in [6.45, 7) is 2.06. The van der Waals surface area contributed by atoms with Gasteiger partial charge in [0.1, 0.15) is 6.26 Å². The zero-order valence-corrected chi connectivity index (χ0v) is 9.27. The molecule has 2 aromatic rings. The normalized spacial score (nSPS) is 10.3. The van der Waals surface area contributed by atoms with Gasteiger partial charge in [0.2, 0.25) is 0 Å². The van der Waals surface area contributed by atoms with Gasteiger partial charge >= 0.3 is 0 Å². The molecule has 0 aliphatic carbocycles. The van der Waals surface area contributed by atoms with Crippen molar-refractivity contribution in [2.45, 2.75) is 19.8 Å². The molecule has 0 saturated carbocycles. The lowest BCUT2D eigenvalue weighted by molar-refractivity contribution is 0.0982. The standard InChI is InChI=1S/C14H14O2/c1-11-2-4-12(5-3-11)6-7-14(15)13-8-9-16-10-13/h2-5,8-10H,6-7H2,1H3. The number of furan rings is 1. The van der Waals surface area contributed by atoms with Crippen LogP contribution in [0.15, 0.2) is 47.3 Å². The Labute approximate surface area is 94.9 Å². The maximum Gasteiger partial charge on any atom is 0.166 e. The van der Waals surface area contributed by atoms with E-state index >= 15 is 0 Å². The highest BCUT2D eigenvalue weighted by Crippen LogP contribution is 2.10. The molecular weight excluding hydrogens is 200 g/mol. The number of ketones is 1. The molecule has 1 aromatic carbocycles. The second-order valence-corrected chi connectivity index (χ2v) is 3.92. The highest BCUT2D eigenvalue weighted by molar-refractivity contribution is 5.95. The summed E-state index contributed by atoms with van der Waals surface area (Å²) in [6.07, 6.45) is 4.34. The average Bonchev–Trinajstić information content (AvgIpc) is 2.81. The molecule has 0 saturated heterocycles. The summed E-state index contributed by atoms with van der Waals surface area (Å²) in [5.41, 5.74) is 3.10. The topological polar surface area (TPSA) is 30.2 Å². The maximum absolute atomic E-state index is 11.7. The van der Waals surface area contributed by atoms with Gasteiger partial charge in [-0.15, -0.1) is 0 Å². The van der Waals surface area contributed by atoms with Gasteiger partial charge in [-0.3, -0.25) is 4.79 Å². The fourth-order valence-corrected chi connectivity index (χ4v) is 1.58. The summed E-state index contributed by atoms with van der Waals surface area (Å²) in [5, 5.41) is 0. The maximum atomic E-state index is 11.7. The molecule has 0 spiro atoms. The summed E-state index contributed by atoms with van der Waals surface area (Å²) in [5.74, 6) is 0.134. The highest BCUT2D eigenvalue weighted by atomic mass is 16.3. The smallest absolute Gasteiger partial charge is 0.166 e. The molecule has 2 rings (SSSR count). The van der Waals surface area contributed by atoms with Crippen molar-refractivity contribution in [2.24, 2.45) is 0 Å². The molecule has 82 valence electrons. The number of benzene rings is 1. The van der Waals surface area contributed by atoms with Crippen LogP contribution in [-0.2, 0) is 6.42 Å². The van der Waals surface area contributed by atoms with Gasteiger partial charge < -0.3 is 4.42 Å². The van der Waals surface area contributed by atoms with Crippen LogP contribution in [0.25, 0.3) is 0 Å². The molecule has 0 N–H and O–H groups in total. The van der Waals surface area contributed by atoms with Gasteiger partial charge in [0, 0.05) is 6.42 Å². The molecule has 2 heteroatoms. The molecule has 0 fully saturated rings. The molecule has 0 aliphatic heterocycles. The van der Waals surface area contributed by atoms with Gasteiger partial charge in [-0.1, -0.05) is 29.8 Å². The number of aryl methyl sites for hydroxylation is 2. The fraction of sp³-hybridized carbons (Fsp3) is 0.214.